The largest absolute Gasteiger partial charge is 0.415 e. The van der Waals surface area contributed by atoms with Gasteiger partial charge in [-0.15, -0.1) is 0 Å². The summed E-state index contributed by atoms with van der Waals surface area (Å²) in [7, 11) is 0. The van der Waals surface area contributed by atoms with Crippen LogP contribution in [0.25, 0.3) is 0 Å². The number of aliphatic hydroxyl groups is 2. The fourth-order valence-electron chi connectivity index (χ4n) is 1.30. The molecule has 0 bridgehead atoms. The summed E-state index contributed by atoms with van der Waals surface area (Å²) in [5, 5.41) is 20.5. The van der Waals surface area contributed by atoms with Crippen LogP contribution >= 0.6 is 0 Å². The smallest absolute Gasteiger partial charge is 0.387 e. The minimum absolute atomic E-state index is 0.212. The molecule has 1 rings (SSSR count). The van der Waals surface area contributed by atoms with Crippen LogP contribution in [0.1, 0.15) is 11.7 Å². The van der Waals surface area contributed by atoms with Gasteiger partial charge in [0.05, 0.1) is 6.10 Å². The van der Waals surface area contributed by atoms with E-state index in [1.165, 1.54) is 18.2 Å². The maximum Gasteiger partial charge on any atom is 0.415 e. The predicted molar refractivity (Wildman–Crippen MR) is 56.3 cm³/mol. The SMILES string of the molecule is OC(CNCC(O)C(F)(F)F)c1cccc(F)c1. The summed E-state index contributed by atoms with van der Waals surface area (Å²) in [6.07, 6.45) is -8.32. The highest BCUT2D eigenvalue weighted by atomic mass is 19.4. The Hall–Kier alpha value is -1.18. The van der Waals surface area contributed by atoms with Crippen molar-refractivity contribution in [2.45, 2.75) is 18.4 Å². The standard InChI is InChI=1S/C11H13F4NO2/c12-8-3-1-2-7(4-8)9(17)5-16-6-10(18)11(13,14)15/h1-4,9-10,16-18H,5-6H2. The molecule has 0 saturated carbocycles. The van der Waals surface area contributed by atoms with Gasteiger partial charge >= 0.3 is 6.18 Å². The van der Waals surface area contributed by atoms with Crippen LogP contribution in [0.3, 0.4) is 0 Å². The summed E-state index contributed by atoms with van der Waals surface area (Å²) in [5.74, 6) is -0.540. The van der Waals surface area contributed by atoms with Crippen molar-refractivity contribution in [1.29, 1.82) is 0 Å². The molecule has 2 unspecified atom stereocenters. The Labute approximate surface area is 101 Å². The lowest BCUT2D eigenvalue weighted by Gasteiger charge is -2.17. The quantitative estimate of drug-likeness (QED) is 0.706. The molecule has 3 N–H and O–H groups in total. The van der Waals surface area contributed by atoms with Gasteiger partial charge in [0.1, 0.15) is 5.82 Å². The molecule has 0 saturated heterocycles. The zero-order chi connectivity index (χ0) is 13.8. The fourth-order valence-corrected chi connectivity index (χ4v) is 1.30. The van der Waals surface area contributed by atoms with E-state index >= 15 is 0 Å². The van der Waals surface area contributed by atoms with Gasteiger partial charge in [-0.2, -0.15) is 13.2 Å². The maximum absolute atomic E-state index is 12.8. The normalized spacial score (nSPS) is 15.4. The average molecular weight is 267 g/mol. The molecular formula is C11H13F4NO2. The van der Waals surface area contributed by atoms with Crippen molar-refractivity contribution in [3.05, 3.63) is 35.6 Å². The van der Waals surface area contributed by atoms with Crippen molar-refractivity contribution in [3.63, 3.8) is 0 Å². The highest BCUT2D eigenvalue weighted by Gasteiger charge is 2.37. The van der Waals surface area contributed by atoms with E-state index in [4.69, 9.17) is 5.11 Å². The highest BCUT2D eigenvalue weighted by Crippen LogP contribution is 2.19. The minimum Gasteiger partial charge on any atom is -0.387 e. The summed E-state index contributed by atoms with van der Waals surface area (Å²) in [6, 6.07) is 5.12. The summed E-state index contributed by atoms with van der Waals surface area (Å²) >= 11 is 0. The first-order valence-electron chi connectivity index (χ1n) is 5.19. The summed E-state index contributed by atoms with van der Waals surface area (Å²) in [5.41, 5.74) is 0.254. The second kappa shape index (κ2) is 6.12. The van der Waals surface area contributed by atoms with Crippen molar-refractivity contribution in [3.8, 4) is 0 Å². The summed E-state index contributed by atoms with van der Waals surface area (Å²) in [6.45, 7) is -0.938. The molecule has 2 atom stereocenters. The molecule has 0 heterocycles. The summed E-state index contributed by atoms with van der Waals surface area (Å²) in [4.78, 5) is 0. The van der Waals surface area contributed by atoms with Crippen LogP contribution in [0, 0.1) is 5.82 Å². The molecule has 0 aliphatic rings. The lowest BCUT2D eigenvalue weighted by molar-refractivity contribution is -0.202. The van der Waals surface area contributed by atoms with Gasteiger partial charge in [-0.1, -0.05) is 12.1 Å². The number of rotatable bonds is 5. The van der Waals surface area contributed by atoms with Crippen molar-refractivity contribution in [2.75, 3.05) is 13.1 Å². The molecule has 0 amide bonds. The van der Waals surface area contributed by atoms with Gasteiger partial charge in [0, 0.05) is 13.1 Å². The molecule has 0 aliphatic carbocycles. The van der Waals surface area contributed by atoms with Crippen molar-refractivity contribution >= 4 is 0 Å². The van der Waals surface area contributed by atoms with Gasteiger partial charge in [-0.25, -0.2) is 4.39 Å². The molecule has 1 aromatic carbocycles. The number of halogens is 4. The van der Waals surface area contributed by atoms with Crippen LogP contribution in [0.5, 0.6) is 0 Å². The molecule has 0 aliphatic heterocycles. The lowest BCUT2D eigenvalue weighted by Crippen LogP contribution is -2.39. The molecule has 0 fully saturated rings. The molecule has 0 spiro atoms. The third-order valence-corrected chi connectivity index (χ3v) is 2.29. The number of hydrogen-bond donors (Lipinski definition) is 3. The summed E-state index contributed by atoms with van der Waals surface area (Å²) < 4.78 is 48.7. The van der Waals surface area contributed by atoms with Crippen molar-refractivity contribution < 1.29 is 27.8 Å². The molecule has 3 nitrogen and oxygen atoms in total. The first-order chi connectivity index (χ1) is 8.30. The van der Waals surface area contributed by atoms with Gasteiger partial charge in [-0.3, -0.25) is 0 Å². The van der Waals surface area contributed by atoms with Crippen LogP contribution in [-0.4, -0.2) is 35.6 Å². The number of nitrogens with one attached hydrogen (secondary N) is 1. The predicted octanol–water partition coefficient (Wildman–Crippen LogP) is 1.37. The highest BCUT2D eigenvalue weighted by molar-refractivity contribution is 5.18. The molecular weight excluding hydrogens is 254 g/mol. The van der Waals surface area contributed by atoms with E-state index in [1.54, 1.807) is 0 Å². The van der Waals surface area contributed by atoms with Crippen LogP contribution < -0.4 is 5.32 Å². The third kappa shape index (κ3) is 4.59. The van der Waals surface area contributed by atoms with Crippen LogP contribution in [0.4, 0.5) is 17.6 Å². The van der Waals surface area contributed by atoms with Gasteiger partial charge in [-0.05, 0) is 17.7 Å². The van der Waals surface area contributed by atoms with E-state index in [2.05, 4.69) is 5.32 Å². The second-order valence-corrected chi connectivity index (χ2v) is 3.79. The zero-order valence-corrected chi connectivity index (χ0v) is 9.28. The average Bonchev–Trinajstić information content (AvgIpc) is 2.27. The van der Waals surface area contributed by atoms with Crippen molar-refractivity contribution in [1.82, 2.24) is 5.32 Å². The van der Waals surface area contributed by atoms with E-state index in [0.29, 0.717) is 0 Å². The van der Waals surface area contributed by atoms with Gasteiger partial charge in [0.15, 0.2) is 6.10 Å². The Morgan fingerprint density at radius 3 is 2.39 bits per heavy atom. The molecule has 7 heteroatoms. The molecule has 1 aromatic rings. The molecule has 102 valence electrons. The maximum atomic E-state index is 12.8. The van der Waals surface area contributed by atoms with Crippen LogP contribution in [0.15, 0.2) is 24.3 Å². The second-order valence-electron chi connectivity index (χ2n) is 3.79. The van der Waals surface area contributed by atoms with Crippen LogP contribution in [-0.2, 0) is 0 Å². The monoisotopic (exact) mass is 267 g/mol. The minimum atomic E-state index is -4.70. The number of aliphatic hydroxyl groups excluding tert-OH is 2. The molecule has 0 aromatic heterocycles. The van der Waals surface area contributed by atoms with Crippen LogP contribution in [0.2, 0.25) is 0 Å². The molecule has 18 heavy (non-hydrogen) atoms. The van der Waals surface area contributed by atoms with Gasteiger partial charge in [0.2, 0.25) is 0 Å². The Kier molecular flexibility index (Phi) is 5.06. The first kappa shape index (κ1) is 14.9. The Bertz CT molecular complexity index is 384. The van der Waals surface area contributed by atoms with E-state index < -0.39 is 30.7 Å². The van der Waals surface area contributed by atoms with Gasteiger partial charge < -0.3 is 15.5 Å². The first-order valence-corrected chi connectivity index (χ1v) is 5.19. The lowest BCUT2D eigenvalue weighted by atomic mass is 10.1. The van der Waals surface area contributed by atoms with Crippen molar-refractivity contribution in [2.24, 2.45) is 0 Å². The topological polar surface area (TPSA) is 52.5 Å². The van der Waals surface area contributed by atoms with Gasteiger partial charge in [0.25, 0.3) is 0 Å². The number of benzene rings is 1. The Morgan fingerprint density at radius 2 is 1.83 bits per heavy atom. The third-order valence-electron chi connectivity index (χ3n) is 2.29. The number of hydrogen-bond acceptors (Lipinski definition) is 3. The zero-order valence-electron chi connectivity index (χ0n) is 9.28. The molecule has 0 radical (unpaired) electrons. The fraction of sp³-hybridized carbons (Fsp3) is 0.455. The Balaban J connectivity index is 2.40. The van der Waals surface area contributed by atoms with E-state index in [9.17, 15) is 22.7 Å². The van der Waals surface area contributed by atoms with E-state index in [0.717, 1.165) is 6.07 Å². The van der Waals surface area contributed by atoms with E-state index in [-0.39, 0.29) is 12.1 Å². The van der Waals surface area contributed by atoms with E-state index in [1.807, 2.05) is 0 Å². The Morgan fingerprint density at radius 1 is 1.17 bits per heavy atom. The number of alkyl halides is 3.